The van der Waals surface area contributed by atoms with E-state index in [4.69, 9.17) is 0 Å². The molecule has 1 N–H and O–H groups in total. The van der Waals surface area contributed by atoms with Crippen molar-refractivity contribution >= 4 is 0 Å². The third kappa shape index (κ3) is 3.39. The molecule has 0 saturated heterocycles. The van der Waals surface area contributed by atoms with E-state index in [1.54, 1.807) is 16.9 Å². The van der Waals surface area contributed by atoms with Gasteiger partial charge in [-0.2, -0.15) is 18.3 Å². The number of nitrogens with one attached hydrogen (secondary N) is 1. The van der Waals surface area contributed by atoms with Crippen molar-refractivity contribution in [3.8, 4) is 0 Å². The molecular formula is C14H16F3N3. The zero-order valence-corrected chi connectivity index (χ0v) is 11.3. The van der Waals surface area contributed by atoms with E-state index in [9.17, 15) is 13.2 Å². The van der Waals surface area contributed by atoms with Crippen molar-refractivity contribution < 1.29 is 13.2 Å². The topological polar surface area (TPSA) is 29.9 Å². The molecule has 0 amide bonds. The van der Waals surface area contributed by atoms with Crippen LogP contribution in [-0.4, -0.2) is 16.8 Å². The summed E-state index contributed by atoms with van der Waals surface area (Å²) in [5.41, 5.74) is 0.942. The highest BCUT2D eigenvalue weighted by atomic mass is 19.4. The van der Waals surface area contributed by atoms with E-state index in [1.807, 2.05) is 20.2 Å². The Kier molecular flexibility index (Phi) is 4.13. The molecule has 0 aliphatic heterocycles. The number of benzene rings is 1. The van der Waals surface area contributed by atoms with E-state index < -0.39 is 11.7 Å². The summed E-state index contributed by atoms with van der Waals surface area (Å²) in [6.07, 6.45) is -0.762. The van der Waals surface area contributed by atoms with E-state index in [0.29, 0.717) is 12.1 Å². The average molecular weight is 283 g/mol. The summed E-state index contributed by atoms with van der Waals surface area (Å²) >= 11 is 0. The van der Waals surface area contributed by atoms with Crippen LogP contribution in [0.3, 0.4) is 0 Å². The number of hydrogen-bond donors (Lipinski definition) is 1. The fourth-order valence-electron chi connectivity index (χ4n) is 1.89. The number of alkyl halides is 3. The first-order valence-corrected chi connectivity index (χ1v) is 6.26. The Labute approximate surface area is 115 Å². The third-order valence-corrected chi connectivity index (χ3v) is 3.19. The predicted molar refractivity (Wildman–Crippen MR) is 70.2 cm³/mol. The SMILES string of the molecule is CNC(C)c1cnn(Cc2cccc(C(F)(F)F)c2)c1. The van der Waals surface area contributed by atoms with Gasteiger partial charge in [0.2, 0.25) is 0 Å². The first-order valence-electron chi connectivity index (χ1n) is 6.26. The number of halogens is 3. The summed E-state index contributed by atoms with van der Waals surface area (Å²) in [5.74, 6) is 0. The van der Waals surface area contributed by atoms with Crippen LogP contribution in [0, 0.1) is 0 Å². The molecule has 1 unspecified atom stereocenters. The van der Waals surface area contributed by atoms with Crippen LogP contribution in [0.4, 0.5) is 13.2 Å². The Morgan fingerprint density at radius 1 is 1.35 bits per heavy atom. The van der Waals surface area contributed by atoms with Crippen LogP contribution in [0.25, 0.3) is 0 Å². The molecule has 108 valence electrons. The number of nitrogens with zero attached hydrogens (tertiary/aromatic N) is 2. The highest BCUT2D eigenvalue weighted by molar-refractivity contribution is 5.26. The fourth-order valence-corrected chi connectivity index (χ4v) is 1.89. The molecule has 0 fully saturated rings. The van der Waals surface area contributed by atoms with Crippen molar-refractivity contribution in [3.63, 3.8) is 0 Å². The lowest BCUT2D eigenvalue weighted by molar-refractivity contribution is -0.137. The first kappa shape index (κ1) is 14.6. The number of aromatic nitrogens is 2. The van der Waals surface area contributed by atoms with Crippen LogP contribution >= 0.6 is 0 Å². The third-order valence-electron chi connectivity index (χ3n) is 3.19. The summed E-state index contributed by atoms with van der Waals surface area (Å²) in [5, 5.41) is 7.25. The number of hydrogen-bond acceptors (Lipinski definition) is 2. The molecule has 0 saturated carbocycles. The van der Waals surface area contributed by atoms with Gasteiger partial charge in [-0.1, -0.05) is 12.1 Å². The predicted octanol–water partition coefficient (Wildman–Crippen LogP) is 3.23. The zero-order valence-electron chi connectivity index (χ0n) is 11.3. The van der Waals surface area contributed by atoms with Gasteiger partial charge >= 0.3 is 6.18 Å². The molecule has 1 atom stereocenters. The lowest BCUT2D eigenvalue weighted by atomic mass is 10.1. The van der Waals surface area contributed by atoms with Gasteiger partial charge in [0.15, 0.2) is 0 Å². The molecule has 0 spiro atoms. The first-order chi connectivity index (χ1) is 9.40. The zero-order chi connectivity index (χ0) is 14.8. The highest BCUT2D eigenvalue weighted by Crippen LogP contribution is 2.29. The molecule has 3 nitrogen and oxygen atoms in total. The van der Waals surface area contributed by atoms with E-state index in [0.717, 1.165) is 17.7 Å². The maximum absolute atomic E-state index is 12.6. The lowest BCUT2D eigenvalue weighted by Crippen LogP contribution is -2.11. The van der Waals surface area contributed by atoms with Gasteiger partial charge in [0.1, 0.15) is 0 Å². The lowest BCUT2D eigenvalue weighted by Gasteiger charge is -2.09. The van der Waals surface area contributed by atoms with Gasteiger partial charge in [0, 0.05) is 17.8 Å². The molecule has 6 heteroatoms. The maximum atomic E-state index is 12.6. The van der Waals surface area contributed by atoms with Gasteiger partial charge in [-0.05, 0) is 31.7 Å². The maximum Gasteiger partial charge on any atom is 0.416 e. The summed E-state index contributed by atoms with van der Waals surface area (Å²) in [7, 11) is 1.84. The van der Waals surface area contributed by atoms with Crippen molar-refractivity contribution in [3.05, 3.63) is 53.3 Å². The van der Waals surface area contributed by atoms with Crippen LogP contribution in [0.5, 0.6) is 0 Å². The van der Waals surface area contributed by atoms with Gasteiger partial charge in [-0.15, -0.1) is 0 Å². The molecule has 0 aliphatic carbocycles. The second-order valence-electron chi connectivity index (χ2n) is 4.68. The molecule has 0 radical (unpaired) electrons. The standard InChI is InChI=1S/C14H16F3N3/c1-10(18-2)12-7-19-20(9-12)8-11-4-3-5-13(6-11)14(15,16)17/h3-7,9-10,18H,8H2,1-2H3. The van der Waals surface area contributed by atoms with Crippen LogP contribution in [-0.2, 0) is 12.7 Å². The van der Waals surface area contributed by atoms with E-state index >= 15 is 0 Å². The van der Waals surface area contributed by atoms with Crippen LogP contribution in [0.2, 0.25) is 0 Å². The number of rotatable bonds is 4. The summed E-state index contributed by atoms with van der Waals surface area (Å²) < 4.78 is 39.5. The van der Waals surface area contributed by atoms with E-state index in [-0.39, 0.29) is 6.04 Å². The van der Waals surface area contributed by atoms with Gasteiger partial charge in [0.25, 0.3) is 0 Å². The van der Waals surface area contributed by atoms with Gasteiger partial charge in [0.05, 0.1) is 18.3 Å². The summed E-state index contributed by atoms with van der Waals surface area (Å²) in [6.45, 7) is 2.31. The van der Waals surface area contributed by atoms with Gasteiger partial charge < -0.3 is 5.32 Å². The van der Waals surface area contributed by atoms with Crippen molar-refractivity contribution in [2.24, 2.45) is 0 Å². The van der Waals surface area contributed by atoms with Crippen molar-refractivity contribution in [1.82, 2.24) is 15.1 Å². The Morgan fingerprint density at radius 2 is 2.10 bits per heavy atom. The Morgan fingerprint density at radius 3 is 2.75 bits per heavy atom. The quantitative estimate of drug-likeness (QED) is 0.933. The van der Waals surface area contributed by atoms with Crippen LogP contribution < -0.4 is 5.32 Å². The largest absolute Gasteiger partial charge is 0.416 e. The van der Waals surface area contributed by atoms with Crippen molar-refractivity contribution in [2.45, 2.75) is 25.7 Å². The van der Waals surface area contributed by atoms with Crippen LogP contribution in [0.15, 0.2) is 36.7 Å². The second-order valence-corrected chi connectivity index (χ2v) is 4.68. The second kappa shape index (κ2) is 5.66. The smallest absolute Gasteiger partial charge is 0.313 e. The summed E-state index contributed by atoms with van der Waals surface area (Å²) in [4.78, 5) is 0. The minimum absolute atomic E-state index is 0.158. The Balaban J connectivity index is 2.16. The van der Waals surface area contributed by atoms with Gasteiger partial charge in [-0.3, -0.25) is 4.68 Å². The highest BCUT2D eigenvalue weighted by Gasteiger charge is 2.30. The Bertz CT molecular complexity index is 575. The molecule has 0 aliphatic rings. The van der Waals surface area contributed by atoms with Crippen molar-refractivity contribution in [1.29, 1.82) is 0 Å². The monoisotopic (exact) mass is 283 g/mol. The van der Waals surface area contributed by atoms with E-state index in [1.165, 1.54) is 6.07 Å². The normalized spacial score (nSPS) is 13.4. The molecule has 20 heavy (non-hydrogen) atoms. The minimum Gasteiger partial charge on any atom is -0.313 e. The molecule has 2 aromatic rings. The molecule has 1 aromatic carbocycles. The molecule has 1 heterocycles. The Hall–Kier alpha value is -1.82. The van der Waals surface area contributed by atoms with E-state index in [2.05, 4.69) is 10.4 Å². The summed E-state index contributed by atoms with van der Waals surface area (Å²) in [6, 6.07) is 5.46. The average Bonchev–Trinajstić information content (AvgIpc) is 2.85. The minimum atomic E-state index is -4.31. The molecule has 2 rings (SSSR count). The fraction of sp³-hybridized carbons (Fsp3) is 0.357. The molecular weight excluding hydrogens is 267 g/mol. The molecule has 1 aromatic heterocycles. The van der Waals surface area contributed by atoms with Crippen LogP contribution in [0.1, 0.15) is 29.7 Å². The van der Waals surface area contributed by atoms with Gasteiger partial charge in [-0.25, -0.2) is 0 Å². The van der Waals surface area contributed by atoms with Crippen molar-refractivity contribution in [2.75, 3.05) is 7.05 Å². The molecule has 0 bridgehead atoms.